The lowest BCUT2D eigenvalue weighted by Crippen LogP contribution is -2.29. The van der Waals surface area contributed by atoms with E-state index < -0.39 is 11.6 Å². The first-order valence-electron chi connectivity index (χ1n) is 9.20. The van der Waals surface area contributed by atoms with E-state index in [4.69, 9.17) is 22.0 Å². The van der Waals surface area contributed by atoms with E-state index in [9.17, 15) is 0 Å². The quantitative estimate of drug-likeness (QED) is 0.353. The van der Waals surface area contributed by atoms with Crippen LogP contribution < -0.4 is 22.0 Å². The van der Waals surface area contributed by atoms with Gasteiger partial charge in [0.25, 0.3) is 0 Å². The summed E-state index contributed by atoms with van der Waals surface area (Å²) in [5, 5.41) is 0. The number of hydrogen-bond acceptors (Lipinski definition) is 6. The van der Waals surface area contributed by atoms with Crippen LogP contribution >= 0.6 is 34.3 Å². The minimum Gasteiger partial charge on any atom is -0.449 e. The van der Waals surface area contributed by atoms with Crippen molar-refractivity contribution < 1.29 is 22.0 Å². The summed E-state index contributed by atoms with van der Waals surface area (Å²) in [5.41, 5.74) is 2.11. The van der Waals surface area contributed by atoms with E-state index in [1.807, 2.05) is 75.0 Å². The molecule has 0 bridgehead atoms. The summed E-state index contributed by atoms with van der Waals surface area (Å²) in [7, 11) is 0. The van der Waals surface area contributed by atoms with E-state index in [-0.39, 0.29) is 0 Å². The Morgan fingerprint density at radius 1 is 0.724 bits per heavy atom. The number of benzene rings is 2. The molecule has 1 aromatic heterocycles. The number of fused-ring (bicyclic) bond motifs is 2. The topological polar surface area (TPSA) is 46.2 Å². The summed E-state index contributed by atoms with van der Waals surface area (Å²) < 4.78 is 29.0. The molecule has 5 nitrogen and oxygen atoms in total. The Bertz CT molecular complexity index is 1120. The smallest absolute Gasteiger partial charge is 0.246 e. The third kappa shape index (κ3) is 3.40. The van der Waals surface area contributed by atoms with E-state index in [1.165, 1.54) is 0 Å². The highest BCUT2D eigenvalue weighted by molar-refractivity contribution is 14.1. The molecule has 0 fully saturated rings. The van der Waals surface area contributed by atoms with Crippen LogP contribution in [0.25, 0.3) is 20.9 Å². The lowest BCUT2D eigenvalue weighted by atomic mass is 10.1. The minimum atomic E-state index is -0.703. The number of rotatable bonds is 3. The SMILES string of the molecule is CC1(C)Oc2ccc(-c3ccc(-c4cc(OI)c5c(c4)OC(C)(C)O5)s3)cc2O1. The van der Waals surface area contributed by atoms with Crippen molar-refractivity contribution in [3.05, 3.63) is 42.5 Å². The maximum atomic E-state index is 5.93. The van der Waals surface area contributed by atoms with Crippen molar-refractivity contribution in [1.29, 1.82) is 0 Å². The zero-order chi connectivity index (χ0) is 20.4. The van der Waals surface area contributed by atoms with Gasteiger partial charge in [-0.2, -0.15) is 0 Å². The molecule has 0 N–H and O–H groups in total. The van der Waals surface area contributed by atoms with Gasteiger partial charge in [-0.15, -0.1) is 11.3 Å². The van der Waals surface area contributed by atoms with E-state index in [1.54, 1.807) is 11.3 Å². The molecule has 0 atom stereocenters. The van der Waals surface area contributed by atoms with Crippen LogP contribution in [0.5, 0.6) is 28.7 Å². The van der Waals surface area contributed by atoms with Crippen LogP contribution in [0.4, 0.5) is 0 Å². The molecule has 3 aromatic rings. The van der Waals surface area contributed by atoms with Crippen molar-refractivity contribution in [2.24, 2.45) is 0 Å². The van der Waals surface area contributed by atoms with E-state index in [2.05, 4.69) is 18.2 Å². The molecule has 7 heteroatoms. The van der Waals surface area contributed by atoms with Crippen LogP contribution in [0.15, 0.2) is 42.5 Å². The average molecular weight is 522 g/mol. The summed E-state index contributed by atoms with van der Waals surface area (Å²) in [6.07, 6.45) is 0. The van der Waals surface area contributed by atoms with Crippen molar-refractivity contribution >= 4 is 34.3 Å². The summed E-state index contributed by atoms with van der Waals surface area (Å²) >= 11 is 3.57. The normalized spacial score (nSPS) is 17.4. The molecule has 150 valence electrons. The second kappa shape index (κ2) is 6.43. The van der Waals surface area contributed by atoms with Crippen LogP contribution in [-0.4, -0.2) is 11.6 Å². The monoisotopic (exact) mass is 522 g/mol. The summed E-state index contributed by atoms with van der Waals surface area (Å²) in [6.45, 7) is 7.58. The van der Waals surface area contributed by atoms with Gasteiger partial charge < -0.3 is 22.0 Å². The lowest BCUT2D eigenvalue weighted by molar-refractivity contribution is -0.0439. The standard InChI is InChI=1S/C22H19IO5S/c1-21(2)24-14-6-5-12(9-15(14)25-21)18-7-8-19(29-18)13-10-16-20(17(11-13)28-23)27-22(3,4)26-16/h5-11H,1-4H3. The predicted molar refractivity (Wildman–Crippen MR) is 121 cm³/mol. The molecule has 29 heavy (non-hydrogen) atoms. The fourth-order valence-electron chi connectivity index (χ4n) is 3.51. The second-order valence-electron chi connectivity index (χ2n) is 7.91. The van der Waals surface area contributed by atoms with Gasteiger partial charge in [0, 0.05) is 37.4 Å². The Hall–Kier alpha value is -2.13. The zero-order valence-corrected chi connectivity index (χ0v) is 19.3. The van der Waals surface area contributed by atoms with Crippen LogP contribution in [0.3, 0.4) is 0 Å². The molecule has 0 saturated heterocycles. The van der Waals surface area contributed by atoms with Crippen molar-refractivity contribution in [3.63, 3.8) is 0 Å². The molecule has 3 heterocycles. The number of thiophene rings is 1. The number of halogens is 1. The highest BCUT2D eigenvalue weighted by Gasteiger charge is 2.35. The van der Waals surface area contributed by atoms with Gasteiger partial charge in [-0.1, -0.05) is 0 Å². The van der Waals surface area contributed by atoms with Crippen molar-refractivity contribution in [2.75, 3.05) is 0 Å². The zero-order valence-electron chi connectivity index (χ0n) is 16.4. The van der Waals surface area contributed by atoms with E-state index >= 15 is 0 Å². The average Bonchev–Trinajstić information content (AvgIpc) is 3.32. The Kier molecular flexibility index (Phi) is 4.19. The number of hydrogen-bond donors (Lipinski definition) is 0. The first-order chi connectivity index (χ1) is 13.7. The van der Waals surface area contributed by atoms with Crippen LogP contribution in [0, 0.1) is 0 Å². The van der Waals surface area contributed by atoms with E-state index in [0.29, 0.717) is 17.2 Å². The maximum Gasteiger partial charge on any atom is 0.246 e. The Balaban J connectivity index is 1.49. The third-order valence-electron chi connectivity index (χ3n) is 4.64. The minimum absolute atomic E-state index is 0.627. The Morgan fingerprint density at radius 3 is 2.10 bits per heavy atom. The lowest BCUT2D eigenvalue weighted by Gasteiger charge is -2.16. The molecular weight excluding hydrogens is 503 g/mol. The second-order valence-corrected chi connectivity index (χ2v) is 9.44. The molecule has 2 aromatic carbocycles. The molecule has 0 unspecified atom stereocenters. The fraction of sp³-hybridized carbons (Fsp3) is 0.273. The van der Waals surface area contributed by atoms with Crippen LogP contribution in [0.1, 0.15) is 27.7 Å². The molecule has 0 amide bonds. The van der Waals surface area contributed by atoms with Gasteiger partial charge in [-0.05, 0) is 53.6 Å². The molecule has 2 aliphatic rings. The van der Waals surface area contributed by atoms with Crippen LogP contribution in [0.2, 0.25) is 0 Å². The van der Waals surface area contributed by atoms with Crippen molar-refractivity contribution in [2.45, 2.75) is 39.3 Å². The van der Waals surface area contributed by atoms with Crippen LogP contribution in [-0.2, 0) is 0 Å². The molecule has 5 rings (SSSR count). The molecule has 0 radical (unpaired) electrons. The van der Waals surface area contributed by atoms with Gasteiger partial charge in [-0.3, -0.25) is 0 Å². The molecule has 0 saturated carbocycles. The largest absolute Gasteiger partial charge is 0.449 e. The fourth-order valence-corrected chi connectivity index (χ4v) is 4.82. The highest BCUT2D eigenvalue weighted by Crippen LogP contribution is 2.50. The van der Waals surface area contributed by atoms with Crippen molar-refractivity contribution in [3.8, 4) is 49.6 Å². The molecule has 2 aliphatic heterocycles. The molecular formula is C22H19IO5S. The third-order valence-corrected chi connectivity index (χ3v) is 6.30. The molecule has 0 aliphatic carbocycles. The van der Waals surface area contributed by atoms with E-state index in [0.717, 1.165) is 32.4 Å². The number of ether oxygens (including phenoxy) is 4. The summed E-state index contributed by atoms with van der Waals surface area (Å²) in [5.74, 6) is 2.21. The van der Waals surface area contributed by atoms with Gasteiger partial charge in [0.1, 0.15) is 0 Å². The Labute approximate surface area is 187 Å². The first-order valence-corrected chi connectivity index (χ1v) is 10.9. The Morgan fingerprint density at radius 2 is 1.34 bits per heavy atom. The highest BCUT2D eigenvalue weighted by atomic mass is 127. The van der Waals surface area contributed by atoms with Gasteiger partial charge in [0.15, 0.2) is 46.0 Å². The van der Waals surface area contributed by atoms with Gasteiger partial charge in [-0.25, -0.2) is 0 Å². The molecule has 0 spiro atoms. The first kappa shape index (κ1) is 18.9. The van der Waals surface area contributed by atoms with Gasteiger partial charge in [0.2, 0.25) is 17.3 Å². The van der Waals surface area contributed by atoms with Gasteiger partial charge in [0.05, 0.1) is 0 Å². The van der Waals surface area contributed by atoms with Crippen molar-refractivity contribution in [1.82, 2.24) is 0 Å². The van der Waals surface area contributed by atoms with Gasteiger partial charge >= 0.3 is 0 Å². The summed E-state index contributed by atoms with van der Waals surface area (Å²) in [4.78, 5) is 2.26. The predicted octanol–water partition coefficient (Wildman–Crippen LogP) is 6.83. The maximum absolute atomic E-state index is 5.93. The summed E-state index contributed by atoms with van der Waals surface area (Å²) in [6, 6.07) is 14.2.